The van der Waals surface area contributed by atoms with Crippen LogP contribution in [0.5, 0.6) is 0 Å². The van der Waals surface area contributed by atoms with Crippen LogP contribution in [0.1, 0.15) is 34.1 Å². The molecule has 0 aliphatic rings. The van der Waals surface area contributed by atoms with Crippen LogP contribution in [0, 0.1) is 0 Å². The van der Waals surface area contributed by atoms with E-state index in [1.54, 1.807) is 13.8 Å². The molecule has 4 nitrogen and oxygen atoms in total. The summed E-state index contributed by atoms with van der Waals surface area (Å²) < 4.78 is 15.6. The second-order valence-corrected chi connectivity index (χ2v) is 3.18. The van der Waals surface area contributed by atoms with Crippen molar-refractivity contribution in [3.63, 3.8) is 0 Å². The van der Waals surface area contributed by atoms with E-state index in [-0.39, 0.29) is 6.29 Å². The summed E-state index contributed by atoms with van der Waals surface area (Å²) in [5.41, 5.74) is 0.362. The second kappa shape index (κ2) is 7.43. The summed E-state index contributed by atoms with van der Waals surface area (Å²) in [6.45, 7) is 11.2. The summed E-state index contributed by atoms with van der Waals surface area (Å²) in [5.74, 6) is -0.439. The van der Waals surface area contributed by atoms with Crippen molar-refractivity contribution >= 4 is 5.97 Å². The van der Waals surface area contributed by atoms with Crippen molar-refractivity contribution in [2.75, 3.05) is 6.61 Å². The van der Waals surface area contributed by atoms with E-state index < -0.39 is 12.3 Å². The monoisotopic (exact) mass is 216 g/mol. The quantitative estimate of drug-likeness (QED) is 0.372. The van der Waals surface area contributed by atoms with Gasteiger partial charge in [0.25, 0.3) is 0 Å². The molecule has 0 spiro atoms. The molecule has 0 saturated carbocycles. The van der Waals surface area contributed by atoms with Crippen LogP contribution >= 0.6 is 0 Å². The first-order valence-electron chi connectivity index (χ1n) is 5.14. The van der Waals surface area contributed by atoms with Gasteiger partial charge in [0.2, 0.25) is 6.29 Å². The Bertz CT molecular complexity index is 213. The summed E-state index contributed by atoms with van der Waals surface area (Å²) in [6.07, 6.45) is -0.371. The van der Waals surface area contributed by atoms with Crippen LogP contribution in [-0.2, 0) is 19.0 Å². The normalized spacial score (nSPS) is 14.4. The maximum absolute atomic E-state index is 11.2. The third-order valence-corrected chi connectivity index (χ3v) is 1.67. The zero-order valence-electron chi connectivity index (χ0n) is 9.91. The first-order valence-corrected chi connectivity index (χ1v) is 5.14. The largest absolute Gasteiger partial charge is 0.432 e. The lowest BCUT2D eigenvalue weighted by Crippen LogP contribution is -2.26. The van der Waals surface area contributed by atoms with E-state index in [1.165, 1.54) is 0 Å². The van der Waals surface area contributed by atoms with Crippen LogP contribution < -0.4 is 0 Å². The van der Waals surface area contributed by atoms with Gasteiger partial charge in [-0.3, -0.25) is 0 Å². The lowest BCUT2D eigenvalue weighted by molar-refractivity contribution is -0.232. The lowest BCUT2D eigenvalue weighted by atomic mass is 10.3. The Morgan fingerprint density at radius 2 is 2.00 bits per heavy atom. The van der Waals surface area contributed by atoms with Gasteiger partial charge in [-0.25, -0.2) is 4.79 Å². The minimum absolute atomic E-state index is 0.362. The number of hydrogen-bond acceptors (Lipinski definition) is 4. The number of carbonyl (C=O) groups is 1. The number of esters is 1. The first-order chi connectivity index (χ1) is 7.01. The molecule has 0 aromatic rings. The Labute approximate surface area is 91.2 Å². The maximum atomic E-state index is 11.2. The van der Waals surface area contributed by atoms with Crippen LogP contribution in [0.4, 0.5) is 0 Å². The fourth-order valence-corrected chi connectivity index (χ4v) is 0.915. The van der Waals surface area contributed by atoms with Gasteiger partial charge in [-0.05, 0) is 20.8 Å². The summed E-state index contributed by atoms with van der Waals surface area (Å²) in [7, 11) is 0. The molecule has 2 unspecified atom stereocenters. The number of hydrogen-bond donors (Lipinski definition) is 0. The van der Waals surface area contributed by atoms with Gasteiger partial charge in [0.1, 0.15) is 0 Å². The zero-order valence-corrected chi connectivity index (χ0v) is 9.91. The van der Waals surface area contributed by atoms with Gasteiger partial charge in [0.05, 0.1) is 0 Å². The minimum Gasteiger partial charge on any atom is -0.432 e. The van der Waals surface area contributed by atoms with Crippen molar-refractivity contribution in [2.24, 2.45) is 0 Å². The highest BCUT2D eigenvalue weighted by molar-refractivity contribution is 5.86. The smallest absolute Gasteiger partial charge is 0.335 e. The highest BCUT2D eigenvalue weighted by Gasteiger charge is 2.16. The number of ether oxygens (including phenoxy) is 3. The van der Waals surface area contributed by atoms with Gasteiger partial charge in [-0.2, -0.15) is 0 Å². The summed E-state index contributed by atoms with van der Waals surface area (Å²) >= 11 is 0. The van der Waals surface area contributed by atoms with Crippen LogP contribution in [0.15, 0.2) is 12.2 Å². The average Bonchev–Trinajstić information content (AvgIpc) is 2.16. The molecule has 0 aromatic heterocycles. The van der Waals surface area contributed by atoms with Crippen LogP contribution in [0.25, 0.3) is 0 Å². The molecule has 0 fully saturated rings. The molecular formula is C11H20O4. The van der Waals surface area contributed by atoms with Crippen LogP contribution in [0.3, 0.4) is 0 Å². The van der Waals surface area contributed by atoms with Crippen molar-refractivity contribution in [3.05, 3.63) is 12.2 Å². The Hall–Kier alpha value is -0.870. The molecule has 88 valence electrons. The van der Waals surface area contributed by atoms with E-state index in [9.17, 15) is 4.79 Å². The fraction of sp³-hybridized carbons (Fsp3) is 0.727. The maximum Gasteiger partial charge on any atom is 0.335 e. The van der Waals surface area contributed by atoms with Crippen molar-refractivity contribution in [1.29, 1.82) is 0 Å². The van der Waals surface area contributed by atoms with E-state index in [0.29, 0.717) is 18.6 Å². The molecule has 0 N–H and O–H groups in total. The third-order valence-electron chi connectivity index (χ3n) is 1.67. The second-order valence-electron chi connectivity index (χ2n) is 3.18. The Morgan fingerprint density at radius 3 is 2.40 bits per heavy atom. The predicted octanol–water partition coefficient (Wildman–Crippen LogP) is 2.24. The highest BCUT2D eigenvalue weighted by atomic mass is 16.8. The summed E-state index contributed by atoms with van der Waals surface area (Å²) in [5, 5.41) is 0. The molecule has 0 radical (unpaired) electrons. The van der Waals surface area contributed by atoms with E-state index in [4.69, 9.17) is 14.2 Å². The zero-order chi connectivity index (χ0) is 11.8. The van der Waals surface area contributed by atoms with Crippen molar-refractivity contribution in [3.8, 4) is 0 Å². The van der Waals surface area contributed by atoms with Crippen molar-refractivity contribution in [2.45, 2.75) is 46.7 Å². The SMILES string of the molecule is C=C(C)C(=O)OC(CC)OC(C)OCC. The average molecular weight is 216 g/mol. The predicted molar refractivity (Wildman–Crippen MR) is 57.2 cm³/mol. The van der Waals surface area contributed by atoms with E-state index in [0.717, 1.165) is 0 Å². The molecular weight excluding hydrogens is 196 g/mol. The van der Waals surface area contributed by atoms with E-state index in [1.807, 2.05) is 13.8 Å². The van der Waals surface area contributed by atoms with Gasteiger partial charge in [-0.15, -0.1) is 0 Å². The topological polar surface area (TPSA) is 44.8 Å². The molecule has 0 bridgehead atoms. The minimum atomic E-state index is -0.573. The van der Waals surface area contributed by atoms with Gasteiger partial charge in [0, 0.05) is 18.6 Å². The van der Waals surface area contributed by atoms with Gasteiger partial charge < -0.3 is 14.2 Å². The first kappa shape index (κ1) is 14.1. The fourth-order valence-electron chi connectivity index (χ4n) is 0.915. The van der Waals surface area contributed by atoms with E-state index in [2.05, 4.69) is 6.58 Å². The van der Waals surface area contributed by atoms with Crippen LogP contribution in [-0.4, -0.2) is 25.2 Å². The van der Waals surface area contributed by atoms with Crippen molar-refractivity contribution in [1.82, 2.24) is 0 Å². The summed E-state index contributed by atoms with van der Waals surface area (Å²) in [4.78, 5) is 11.2. The molecule has 0 aliphatic carbocycles. The van der Waals surface area contributed by atoms with Crippen LogP contribution in [0.2, 0.25) is 0 Å². The van der Waals surface area contributed by atoms with E-state index >= 15 is 0 Å². The highest BCUT2D eigenvalue weighted by Crippen LogP contribution is 2.08. The molecule has 2 atom stereocenters. The molecule has 0 aliphatic heterocycles. The number of rotatable bonds is 7. The standard InChI is InChI=1S/C11H20O4/c1-6-10(14-9(5)13-7-2)15-11(12)8(3)4/h9-10H,3,6-7H2,1-2,4-5H3. The number of carbonyl (C=O) groups excluding carboxylic acids is 1. The molecule has 0 saturated heterocycles. The Kier molecular flexibility index (Phi) is 6.99. The molecule has 15 heavy (non-hydrogen) atoms. The van der Waals surface area contributed by atoms with Gasteiger partial charge in [-0.1, -0.05) is 13.5 Å². The molecule has 0 amide bonds. The molecule has 4 heteroatoms. The Morgan fingerprint density at radius 1 is 1.40 bits per heavy atom. The summed E-state index contributed by atoms with van der Waals surface area (Å²) in [6, 6.07) is 0. The molecule has 0 heterocycles. The Balaban J connectivity index is 4.02. The molecule has 0 rings (SSSR count). The van der Waals surface area contributed by atoms with Gasteiger partial charge in [0.15, 0.2) is 6.29 Å². The van der Waals surface area contributed by atoms with Crippen molar-refractivity contribution < 1.29 is 19.0 Å². The van der Waals surface area contributed by atoms with Gasteiger partial charge >= 0.3 is 5.97 Å². The lowest BCUT2D eigenvalue weighted by Gasteiger charge is -2.21. The molecule has 0 aromatic carbocycles. The third kappa shape index (κ3) is 6.25.